The predicted octanol–water partition coefficient (Wildman–Crippen LogP) is 4.01. The largest absolute Gasteiger partial charge is 0.330 e. The SMILES string of the molecule is CC(C)Cc1ccc(C(C)N2CCCC(CCN)C2)cc1. The summed E-state index contributed by atoms with van der Waals surface area (Å²) in [7, 11) is 0. The highest BCUT2D eigenvalue weighted by Gasteiger charge is 2.23. The van der Waals surface area contributed by atoms with Crippen LogP contribution in [-0.4, -0.2) is 24.5 Å². The van der Waals surface area contributed by atoms with Gasteiger partial charge in [0.1, 0.15) is 0 Å². The van der Waals surface area contributed by atoms with Crippen molar-refractivity contribution >= 4 is 0 Å². The number of hydrogen-bond acceptors (Lipinski definition) is 2. The third kappa shape index (κ3) is 4.82. The smallest absolute Gasteiger partial charge is 0.0319 e. The molecular weight excluding hydrogens is 256 g/mol. The van der Waals surface area contributed by atoms with Crippen molar-refractivity contribution in [2.24, 2.45) is 17.6 Å². The fourth-order valence-electron chi connectivity index (χ4n) is 3.53. The quantitative estimate of drug-likeness (QED) is 0.857. The van der Waals surface area contributed by atoms with E-state index in [-0.39, 0.29) is 0 Å². The lowest BCUT2D eigenvalue weighted by Crippen LogP contribution is -2.37. The zero-order valence-corrected chi connectivity index (χ0v) is 14.0. The van der Waals surface area contributed by atoms with Crippen LogP contribution in [0.2, 0.25) is 0 Å². The van der Waals surface area contributed by atoms with Gasteiger partial charge in [-0.05, 0) is 68.7 Å². The fraction of sp³-hybridized carbons (Fsp3) is 0.684. The normalized spacial score (nSPS) is 21.7. The molecule has 1 aliphatic heterocycles. The highest BCUT2D eigenvalue weighted by Crippen LogP contribution is 2.28. The molecular formula is C19H32N2. The van der Waals surface area contributed by atoms with Gasteiger partial charge in [-0.2, -0.15) is 0 Å². The lowest BCUT2D eigenvalue weighted by Gasteiger charge is -2.37. The molecule has 2 atom stereocenters. The molecule has 1 heterocycles. The van der Waals surface area contributed by atoms with Gasteiger partial charge in [-0.3, -0.25) is 4.90 Å². The summed E-state index contributed by atoms with van der Waals surface area (Å²) in [5.74, 6) is 1.53. The zero-order valence-electron chi connectivity index (χ0n) is 14.0. The number of rotatable bonds is 6. The van der Waals surface area contributed by atoms with Crippen LogP contribution >= 0.6 is 0 Å². The van der Waals surface area contributed by atoms with Gasteiger partial charge < -0.3 is 5.73 Å². The van der Waals surface area contributed by atoms with E-state index in [4.69, 9.17) is 5.73 Å². The topological polar surface area (TPSA) is 29.3 Å². The van der Waals surface area contributed by atoms with Crippen molar-refractivity contribution in [3.05, 3.63) is 35.4 Å². The molecule has 2 nitrogen and oxygen atoms in total. The second-order valence-electron chi connectivity index (χ2n) is 7.10. The molecule has 0 saturated carbocycles. The van der Waals surface area contributed by atoms with Crippen LogP contribution in [0.25, 0.3) is 0 Å². The first kappa shape index (κ1) is 16.5. The third-order valence-corrected chi connectivity index (χ3v) is 4.78. The van der Waals surface area contributed by atoms with Gasteiger partial charge in [0.05, 0.1) is 0 Å². The minimum absolute atomic E-state index is 0.527. The van der Waals surface area contributed by atoms with Crippen molar-refractivity contribution in [3.63, 3.8) is 0 Å². The maximum atomic E-state index is 5.73. The molecule has 1 aromatic rings. The standard InChI is InChI=1S/C19H32N2/c1-15(2)13-17-6-8-19(9-7-17)16(3)21-12-4-5-18(14-21)10-11-20/h6-9,15-16,18H,4-5,10-14,20H2,1-3H3. The van der Waals surface area contributed by atoms with E-state index in [0.29, 0.717) is 6.04 Å². The number of hydrogen-bond donors (Lipinski definition) is 1. The molecule has 2 unspecified atom stereocenters. The molecule has 0 amide bonds. The Hall–Kier alpha value is -0.860. The molecule has 2 rings (SSSR count). The van der Waals surface area contributed by atoms with Gasteiger partial charge in [0.2, 0.25) is 0 Å². The fourth-order valence-corrected chi connectivity index (χ4v) is 3.53. The summed E-state index contributed by atoms with van der Waals surface area (Å²) >= 11 is 0. The molecule has 1 aromatic carbocycles. The molecule has 21 heavy (non-hydrogen) atoms. The minimum Gasteiger partial charge on any atom is -0.330 e. The molecule has 1 fully saturated rings. The van der Waals surface area contributed by atoms with Gasteiger partial charge in [-0.25, -0.2) is 0 Å². The summed E-state index contributed by atoms with van der Waals surface area (Å²) in [6.45, 7) is 10.2. The van der Waals surface area contributed by atoms with Gasteiger partial charge >= 0.3 is 0 Å². The van der Waals surface area contributed by atoms with Crippen LogP contribution in [0.4, 0.5) is 0 Å². The Kier molecular flexibility index (Phi) is 6.25. The van der Waals surface area contributed by atoms with Gasteiger partial charge in [0.15, 0.2) is 0 Å². The lowest BCUT2D eigenvalue weighted by molar-refractivity contribution is 0.128. The van der Waals surface area contributed by atoms with Crippen LogP contribution in [0.5, 0.6) is 0 Å². The number of benzene rings is 1. The molecule has 0 bridgehead atoms. The van der Waals surface area contributed by atoms with E-state index < -0.39 is 0 Å². The Bertz CT molecular complexity index is 408. The van der Waals surface area contributed by atoms with Crippen LogP contribution in [0.3, 0.4) is 0 Å². The summed E-state index contributed by atoms with van der Waals surface area (Å²) in [5, 5.41) is 0. The highest BCUT2D eigenvalue weighted by atomic mass is 15.2. The van der Waals surface area contributed by atoms with E-state index in [0.717, 1.165) is 18.4 Å². The van der Waals surface area contributed by atoms with Crippen molar-refractivity contribution in [2.45, 2.75) is 52.5 Å². The Morgan fingerprint density at radius 2 is 1.90 bits per heavy atom. The van der Waals surface area contributed by atoms with Crippen LogP contribution in [0.15, 0.2) is 24.3 Å². The first-order valence-corrected chi connectivity index (χ1v) is 8.63. The van der Waals surface area contributed by atoms with E-state index in [2.05, 4.69) is 49.9 Å². The first-order chi connectivity index (χ1) is 10.1. The van der Waals surface area contributed by atoms with Gasteiger partial charge in [-0.1, -0.05) is 38.1 Å². The predicted molar refractivity (Wildman–Crippen MR) is 91.4 cm³/mol. The van der Waals surface area contributed by atoms with Crippen LogP contribution in [0, 0.1) is 11.8 Å². The lowest BCUT2D eigenvalue weighted by atomic mass is 9.92. The number of nitrogens with zero attached hydrogens (tertiary/aromatic N) is 1. The van der Waals surface area contributed by atoms with Crippen LogP contribution < -0.4 is 5.73 Å². The van der Waals surface area contributed by atoms with E-state index in [1.807, 2.05) is 0 Å². The van der Waals surface area contributed by atoms with Crippen LogP contribution in [0.1, 0.15) is 57.2 Å². The molecule has 0 radical (unpaired) electrons. The molecule has 118 valence electrons. The van der Waals surface area contributed by atoms with Crippen molar-refractivity contribution < 1.29 is 0 Å². The maximum absolute atomic E-state index is 5.73. The summed E-state index contributed by atoms with van der Waals surface area (Å²) in [5.41, 5.74) is 8.64. The van der Waals surface area contributed by atoms with Crippen molar-refractivity contribution in [1.82, 2.24) is 4.90 Å². The van der Waals surface area contributed by atoms with E-state index >= 15 is 0 Å². The molecule has 0 aliphatic carbocycles. The number of nitrogens with two attached hydrogens (primary N) is 1. The summed E-state index contributed by atoms with van der Waals surface area (Å²) in [6, 6.07) is 9.81. The maximum Gasteiger partial charge on any atom is 0.0319 e. The molecule has 0 aromatic heterocycles. The van der Waals surface area contributed by atoms with Crippen molar-refractivity contribution in [2.75, 3.05) is 19.6 Å². The molecule has 0 spiro atoms. The van der Waals surface area contributed by atoms with E-state index in [9.17, 15) is 0 Å². The Balaban J connectivity index is 1.97. The number of piperidine rings is 1. The van der Waals surface area contributed by atoms with E-state index in [1.54, 1.807) is 0 Å². The monoisotopic (exact) mass is 288 g/mol. The minimum atomic E-state index is 0.527. The molecule has 1 aliphatic rings. The second kappa shape index (κ2) is 7.95. The second-order valence-corrected chi connectivity index (χ2v) is 7.10. The first-order valence-electron chi connectivity index (χ1n) is 8.63. The van der Waals surface area contributed by atoms with Gasteiger partial charge in [0.25, 0.3) is 0 Å². The highest BCUT2D eigenvalue weighted by molar-refractivity contribution is 5.25. The van der Waals surface area contributed by atoms with Gasteiger partial charge in [0, 0.05) is 12.6 Å². The summed E-state index contributed by atoms with van der Waals surface area (Å²) in [4.78, 5) is 2.64. The van der Waals surface area contributed by atoms with Crippen molar-refractivity contribution in [3.8, 4) is 0 Å². The third-order valence-electron chi connectivity index (χ3n) is 4.78. The van der Waals surface area contributed by atoms with Crippen molar-refractivity contribution in [1.29, 1.82) is 0 Å². The van der Waals surface area contributed by atoms with Crippen LogP contribution in [-0.2, 0) is 6.42 Å². The average molecular weight is 288 g/mol. The molecule has 2 N–H and O–H groups in total. The Morgan fingerprint density at radius 1 is 1.19 bits per heavy atom. The Labute approximate surface area is 130 Å². The zero-order chi connectivity index (χ0) is 15.2. The molecule has 1 saturated heterocycles. The van der Waals surface area contributed by atoms with Gasteiger partial charge in [-0.15, -0.1) is 0 Å². The summed E-state index contributed by atoms with van der Waals surface area (Å²) in [6.07, 6.45) is 5.03. The number of likely N-dealkylation sites (tertiary alicyclic amines) is 1. The average Bonchev–Trinajstić information content (AvgIpc) is 2.47. The molecule has 2 heteroatoms. The van der Waals surface area contributed by atoms with E-state index in [1.165, 1.54) is 49.9 Å². The Morgan fingerprint density at radius 3 is 2.52 bits per heavy atom. The summed E-state index contributed by atoms with van der Waals surface area (Å²) < 4.78 is 0.